The van der Waals surface area contributed by atoms with Gasteiger partial charge in [0.15, 0.2) is 11.5 Å². The lowest BCUT2D eigenvalue weighted by molar-refractivity contribution is -0.120. The van der Waals surface area contributed by atoms with Crippen LogP contribution in [0.3, 0.4) is 0 Å². The summed E-state index contributed by atoms with van der Waals surface area (Å²) in [4.78, 5) is 11.9. The van der Waals surface area contributed by atoms with Gasteiger partial charge in [-0.05, 0) is 42.3 Å². The highest BCUT2D eigenvalue weighted by molar-refractivity contribution is 5.78. The van der Waals surface area contributed by atoms with Crippen molar-refractivity contribution in [3.8, 4) is 11.5 Å². The number of amides is 1. The quantitative estimate of drug-likeness (QED) is 0.853. The van der Waals surface area contributed by atoms with E-state index in [1.165, 1.54) is 12.1 Å². The summed E-state index contributed by atoms with van der Waals surface area (Å²) in [6, 6.07) is 11.4. The second-order valence-corrected chi connectivity index (χ2v) is 5.00. The molecule has 0 saturated heterocycles. The van der Waals surface area contributed by atoms with Crippen LogP contribution in [0.2, 0.25) is 0 Å². The molecular weight excluding hydrogens is 297 g/mol. The molecule has 0 unspecified atom stereocenters. The molecule has 2 rings (SSSR count). The molecule has 0 spiro atoms. The second kappa shape index (κ2) is 8.17. The minimum Gasteiger partial charge on any atom is -0.493 e. The van der Waals surface area contributed by atoms with E-state index in [4.69, 9.17) is 9.47 Å². The highest BCUT2D eigenvalue weighted by Gasteiger charge is 2.07. The van der Waals surface area contributed by atoms with Crippen molar-refractivity contribution < 1.29 is 18.7 Å². The standard InChI is InChI=1S/C18H20FNO3/c1-3-23-17-10-14(6-9-16(17)22-2)12-20-18(21)11-13-4-7-15(19)8-5-13/h4-10H,3,11-12H2,1-2H3,(H,20,21). The molecule has 5 heteroatoms. The Kier molecular flexibility index (Phi) is 5.97. The van der Waals surface area contributed by atoms with Crippen LogP contribution in [0.5, 0.6) is 11.5 Å². The van der Waals surface area contributed by atoms with Crippen LogP contribution in [0.15, 0.2) is 42.5 Å². The summed E-state index contributed by atoms with van der Waals surface area (Å²) in [5.41, 5.74) is 1.69. The largest absolute Gasteiger partial charge is 0.493 e. The minimum atomic E-state index is -0.309. The maximum absolute atomic E-state index is 12.8. The molecule has 1 N–H and O–H groups in total. The summed E-state index contributed by atoms with van der Waals surface area (Å²) < 4.78 is 23.6. The molecular formula is C18H20FNO3. The topological polar surface area (TPSA) is 47.6 Å². The Labute approximate surface area is 135 Å². The molecule has 0 atom stereocenters. The lowest BCUT2D eigenvalue weighted by Gasteiger charge is -2.11. The van der Waals surface area contributed by atoms with Crippen molar-refractivity contribution in [1.82, 2.24) is 5.32 Å². The van der Waals surface area contributed by atoms with Crippen LogP contribution >= 0.6 is 0 Å². The third kappa shape index (κ3) is 4.98. The predicted octanol–water partition coefficient (Wildman–Crippen LogP) is 3.09. The van der Waals surface area contributed by atoms with Crippen LogP contribution in [0.4, 0.5) is 4.39 Å². The van der Waals surface area contributed by atoms with Gasteiger partial charge in [0.05, 0.1) is 20.1 Å². The fraction of sp³-hybridized carbons (Fsp3) is 0.278. The number of benzene rings is 2. The summed E-state index contributed by atoms with van der Waals surface area (Å²) in [6.45, 7) is 2.83. The molecule has 0 aromatic heterocycles. The van der Waals surface area contributed by atoms with Gasteiger partial charge >= 0.3 is 0 Å². The number of halogens is 1. The monoisotopic (exact) mass is 317 g/mol. The first-order chi connectivity index (χ1) is 11.1. The first-order valence-electron chi connectivity index (χ1n) is 7.43. The van der Waals surface area contributed by atoms with Crippen molar-refractivity contribution in [2.45, 2.75) is 19.9 Å². The fourth-order valence-electron chi connectivity index (χ4n) is 2.15. The normalized spacial score (nSPS) is 10.2. The smallest absolute Gasteiger partial charge is 0.224 e. The van der Waals surface area contributed by atoms with E-state index in [1.54, 1.807) is 19.2 Å². The van der Waals surface area contributed by atoms with Crippen LogP contribution in [0.25, 0.3) is 0 Å². The van der Waals surface area contributed by atoms with Crippen molar-refractivity contribution in [2.24, 2.45) is 0 Å². The van der Waals surface area contributed by atoms with E-state index >= 15 is 0 Å². The van der Waals surface area contributed by atoms with Gasteiger partial charge < -0.3 is 14.8 Å². The number of hydrogen-bond donors (Lipinski definition) is 1. The summed E-state index contributed by atoms with van der Waals surface area (Å²) >= 11 is 0. The molecule has 0 radical (unpaired) electrons. The van der Waals surface area contributed by atoms with Crippen molar-refractivity contribution >= 4 is 5.91 Å². The molecule has 0 aliphatic heterocycles. The Morgan fingerprint density at radius 3 is 2.43 bits per heavy atom. The van der Waals surface area contributed by atoms with Gasteiger partial charge in [0.1, 0.15) is 5.82 Å². The van der Waals surface area contributed by atoms with E-state index < -0.39 is 0 Å². The molecule has 23 heavy (non-hydrogen) atoms. The van der Waals surface area contributed by atoms with Crippen LogP contribution in [0.1, 0.15) is 18.1 Å². The zero-order chi connectivity index (χ0) is 16.7. The molecule has 122 valence electrons. The maximum atomic E-state index is 12.8. The zero-order valence-corrected chi connectivity index (χ0v) is 13.3. The van der Waals surface area contributed by atoms with Gasteiger partial charge in [-0.1, -0.05) is 18.2 Å². The van der Waals surface area contributed by atoms with Crippen LogP contribution in [-0.2, 0) is 17.8 Å². The van der Waals surface area contributed by atoms with Crippen molar-refractivity contribution in [3.05, 3.63) is 59.4 Å². The SMILES string of the molecule is CCOc1cc(CNC(=O)Cc2ccc(F)cc2)ccc1OC. The average molecular weight is 317 g/mol. The van der Waals surface area contributed by atoms with Gasteiger partial charge in [0, 0.05) is 6.54 Å². The summed E-state index contributed by atoms with van der Waals surface area (Å²) in [7, 11) is 1.59. The van der Waals surface area contributed by atoms with Gasteiger partial charge in [0.25, 0.3) is 0 Å². The number of carbonyl (C=O) groups is 1. The Morgan fingerprint density at radius 2 is 1.78 bits per heavy atom. The summed E-state index contributed by atoms with van der Waals surface area (Å²) in [5.74, 6) is 0.884. The highest BCUT2D eigenvalue weighted by atomic mass is 19.1. The second-order valence-electron chi connectivity index (χ2n) is 5.00. The van der Waals surface area contributed by atoms with Gasteiger partial charge in [-0.2, -0.15) is 0 Å². The van der Waals surface area contributed by atoms with Crippen molar-refractivity contribution in [3.63, 3.8) is 0 Å². The fourth-order valence-corrected chi connectivity index (χ4v) is 2.15. The first kappa shape index (κ1) is 16.8. The summed E-state index contributed by atoms with van der Waals surface area (Å²) in [5, 5.41) is 2.84. The van der Waals surface area contributed by atoms with Gasteiger partial charge in [0.2, 0.25) is 5.91 Å². The highest BCUT2D eigenvalue weighted by Crippen LogP contribution is 2.27. The maximum Gasteiger partial charge on any atom is 0.224 e. The molecule has 0 fully saturated rings. The summed E-state index contributed by atoms with van der Waals surface area (Å²) in [6.07, 6.45) is 0.217. The molecule has 0 saturated carbocycles. The Balaban J connectivity index is 1.93. The Hall–Kier alpha value is -2.56. The molecule has 0 heterocycles. The van der Waals surface area contributed by atoms with Crippen LogP contribution in [0, 0.1) is 5.82 Å². The Bertz CT molecular complexity index is 656. The van der Waals surface area contributed by atoms with Crippen molar-refractivity contribution in [2.75, 3.05) is 13.7 Å². The number of ether oxygens (including phenoxy) is 2. The third-order valence-corrected chi connectivity index (χ3v) is 3.30. The first-order valence-corrected chi connectivity index (χ1v) is 7.43. The van der Waals surface area contributed by atoms with E-state index in [2.05, 4.69) is 5.32 Å². The number of carbonyl (C=O) groups excluding carboxylic acids is 1. The van der Waals surface area contributed by atoms with E-state index in [-0.39, 0.29) is 18.1 Å². The number of methoxy groups -OCH3 is 1. The van der Waals surface area contributed by atoms with E-state index in [0.717, 1.165) is 11.1 Å². The Morgan fingerprint density at radius 1 is 1.09 bits per heavy atom. The van der Waals surface area contributed by atoms with E-state index in [0.29, 0.717) is 24.7 Å². The molecule has 2 aromatic rings. The molecule has 1 amide bonds. The molecule has 0 bridgehead atoms. The van der Waals surface area contributed by atoms with Gasteiger partial charge in [-0.25, -0.2) is 4.39 Å². The lowest BCUT2D eigenvalue weighted by atomic mass is 10.1. The molecule has 4 nitrogen and oxygen atoms in total. The number of rotatable bonds is 7. The molecule has 0 aliphatic carbocycles. The third-order valence-electron chi connectivity index (χ3n) is 3.30. The predicted molar refractivity (Wildman–Crippen MR) is 86.1 cm³/mol. The minimum absolute atomic E-state index is 0.120. The van der Waals surface area contributed by atoms with Crippen LogP contribution in [-0.4, -0.2) is 19.6 Å². The van der Waals surface area contributed by atoms with E-state index in [9.17, 15) is 9.18 Å². The number of hydrogen-bond acceptors (Lipinski definition) is 3. The molecule has 2 aromatic carbocycles. The van der Waals surface area contributed by atoms with Crippen molar-refractivity contribution in [1.29, 1.82) is 0 Å². The van der Waals surface area contributed by atoms with Gasteiger partial charge in [-0.3, -0.25) is 4.79 Å². The van der Waals surface area contributed by atoms with Gasteiger partial charge in [-0.15, -0.1) is 0 Å². The number of nitrogens with one attached hydrogen (secondary N) is 1. The zero-order valence-electron chi connectivity index (χ0n) is 13.3. The molecule has 0 aliphatic rings. The van der Waals surface area contributed by atoms with E-state index in [1.807, 2.05) is 25.1 Å². The van der Waals surface area contributed by atoms with Crippen LogP contribution < -0.4 is 14.8 Å². The lowest BCUT2D eigenvalue weighted by Crippen LogP contribution is -2.24. The average Bonchev–Trinajstić information content (AvgIpc) is 2.56.